The molecule has 1 aromatic rings. The van der Waals surface area contributed by atoms with E-state index in [1.807, 2.05) is 4.98 Å². The minimum atomic E-state index is -4.95. The lowest BCUT2D eigenvalue weighted by Gasteiger charge is -2.30. The van der Waals surface area contributed by atoms with E-state index in [1.54, 1.807) is 0 Å². The van der Waals surface area contributed by atoms with E-state index in [4.69, 9.17) is 19.3 Å². The van der Waals surface area contributed by atoms with Crippen LogP contribution in [-0.2, 0) is 18.6 Å². The van der Waals surface area contributed by atoms with Crippen LogP contribution in [0, 0.1) is 0 Å². The number of nitrogens with one attached hydrogen (secondary N) is 1. The second-order valence-corrected chi connectivity index (χ2v) is 6.16. The van der Waals surface area contributed by atoms with Crippen LogP contribution in [0.3, 0.4) is 0 Å². The molecule has 24 heavy (non-hydrogen) atoms. The number of phosphoric acid groups is 1. The van der Waals surface area contributed by atoms with E-state index in [2.05, 4.69) is 4.52 Å². The van der Waals surface area contributed by atoms with Gasteiger partial charge in [-0.25, -0.2) is 13.8 Å². The third kappa shape index (κ3) is 3.81. The van der Waals surface area contributed by atoms with Crippen LogP contribution in [0.4, 0.5) is 4.39 Å². The van der Waals surface area contributed by atoms with Crippen LogP contribution in [-0.4, -0.2) is 55.7 Å². The number of rotatable bonds is 6. The monoisotopic (exact) mass is 370 g/mol. The second kappa shape index (κ2) is 6.84. The fourth-order valence-electron chi connectivity index (χ4n) is 2.27. The maximum absolute atomic E-state index is 14.4. The van der Waals surface area contributed by atoms with Crippen molar-refractivity contribution in [1.82, 2.24) is 9.55 Å². The molecule has 11 nitrogen and oxygen atoms in total. The van der Waals surface area contributed by atoms with Crippen molar-refractivity contribution in [2.75, 3.05) is 13.2 Å². The highest BCUT2D eigenvalue weighted by Crippen LogP contribution is 2.44. The number of halogens is 1. The summed E-state index contributed by atoms with van der Waals surface area (Å²) in [4.78, 5) is 42.3. The van der Waals surface area contributed by atoms with Gasteiger partial charge in [0.1, 0.15) is 12.7 Å². The Balaban J connectivity index is 2.36. The minimum absolute atomic E-state index is 0.110. The van der Waals surface area contributed by atoms with Gasteiger partial charge in [0.05, 0.1) is 0 Å². The largest absolute Gasteiger partial charge is 0.469 e. The quantitative estimate of drug-likeness (QED) is 0.442. The van der Waals surface area contributed by atoms with Crippen molar-refractivity contribution in [3.05, 3.63) is 33.1 Å². The fourth-order valence-corrected chi connectivity index (χ4v) is 2.62. The Bertz CT molecular complexity index is 746. The van der Waals surface area contributed by atoms with Gasteiger partial charge in [-0.05, 0) is 6.92 Å². The van der Waals surface area contributed by atoms with Gasteiger partial charge in [-0.1, -0.05) is 0 Å². The Hall–Kier alpha value is -1.40. The predicted octanol–water partition coefficient (Wildman–Crippen LogP) is -1.39. The van der Waals surface area contributed by atoms with E-state index in [-0.39, 0.29) is 6.61 Å². The Morgan fingerprint density at radius 2 is 2.17 bits per heavy atom. The molecule has 13 heteroatoms. The molecule has 4 atom stereocenters. The van der Waals surface area contributed by atoms with Gasteiger partial charge in [0.25, 0.3) is 5.56 Å². The van der Waals surface area contributed by atoms with Crippen molar-refractivity contribution in [3.8, 4) is 0 Å². The summed E-state index contributed by atoms with van der Waals surface area (Å²) in [6.07, 6.45) is -4.94. The average molecular weight is 370 g/mol. The van der Waals surface area contributed by atoms with Crippen LogP contribution in [0.1, 0.15) is 13.2 Å². The number of ether oxygens (including phenoxy) is 2. The van der Waals surface area contributed by atoms with E-state index < -0.39 is 50.0 Å². The Morgan fingerprint density at radius 3 is 2.71 bits per heavy atom. The van der Waals surface area contributed by atoms with Gasteiger partial charge in [0.15, 0.2) is 12.4 Å². The molecule has 1 aliphatic heterocycles. The molecule has 1 aromatic heterocycles. The van der Waals surface area contributed by atoms with Crippen LogP contribution in [0.15, 0.2) is 21.9 Å². The lowest BCUT2D eigenvalue weighted by molar-refractivity contribution is -0.277. The zero-order valence-corrected chi connectivity index (χ0v) is 13.3. The van der Waals surface area contributed by atoms with Gasteiger partial charge < -0.3 is 24.4 Å². The molecule has 0 radical (unpaired) electrons. The third-order valence-electron chi connectivity index (χ3n) is 3.29. The highest BCUT2D eigenvalue weighted by molar-refractivity contribution is 7.46. The van der Waals surface area contributed by atoms with Crippen molar-refractivity contribution in [3.63, 3.8) is 0 Å². The van der Waals surface area contributed by atoms with E-state index >= 15 is 0 Å². The SMILES string of the molecule is CCO[C@]1(COP(=O)(O)O)O[C@@H](n2ccc(=O)[nH]c2=O)[C@H](F)[C@@H]1O. The molecule has 1 fully saturated rings. The highest BCUT2D eigenvalue weighted by atomic mass is 31.2. The van der Waals surface area contributed by atoms with Crippen molar-refractivity contribution >= 4 is 7.82 Å². The van der Waals surface area contributed by atoms with Crippen molar-refractivity contribution in [1.29, 1.82) is 0 Å². The first kappa shape index (κ1) is 18.9. The maximum atomic E-state index is 14.4. The number of hydrogen-bond acceptors (Lipinski definition) is 7. The Labute approximate surface area is 133 Å². The smallest absolute Gasteiger partial charge is 0.384 e. The van der Waals surface area contributed by atoms with Crippen molar-refractivity contribution in [2.24, 2.45) is 0 Å². The first-order valence-electron chi connectivity index (χ1n) is 6.75. The highest BCUT2D eigenvalue weighted by Gasteiger charge is 2.58. The molecular formula is C11H16FN2O9P. The van der Waals surface area contributed by atoms with Crippen LogP contribution in [0.2, 0.25) is 0 Å². The molecule has 0 spiro atoms. The van der Waals surface area contributed by atoms with Gasteiger partial charge in [0, 0.05) is 18.9 Å². The number of aromatic amines is 1. The van der Waals surface area contributed by atoms with E-state index in [0.717, 1.165) is 12.3 Å². The van der Waals surface area contributed by atoms with E-state index in [0.29, 0.717) is 4.57 Å². The third-order valence-corrected chi connectivity index (χ3v) is 3.76. The van der Waals surface area contributed by atoms with Gasteiger partial charge in [-0.3, -0.25) is 18.9 Å². The number of aliphatic hydroxyl groups excluding tert-OH is 1. The molecule has 0 aromatic carbocycles. The number of aromatic nitrogens is 2. The zero-order chi connectivity index (χ0) is 18.1. The Morgan fingerprint density at radius 1 is 1.50 bits per heavy atom. The number of aliphatic hydroxyl groups is 1. The lowest BCUT2D eigenvalue weighted by Crippen LogP contribution is -2.48. The van der Waals surface area contributed by atoms with Gasteiger partial charge in [-0.2, -0.15) is 0 Å². The summed E-state index contributed by atoms with van der Waals surface area (Å²) in [7, 11) is -4.95. The molecule has 2 rings (SSSR count). The van der Waals surface area contributed by atoms with Crippen molar-refractivity contribution in [2.45, 2.75) is 31.2 Å². The molecule has 0 bridgehead atoms. The van der Waals surface area contributed by atoms with E-state index in [9.17, 15) is 23.7 Å². The predicted molar refractivity (Wildman–Crippen MR) is 74.7 cm³/mol. The molecule has 136 valence electrons. The molecule has 1 saturated heterocycles. The molecule has 1 aliphatic rings. The Kier molecular flexibility index (Phi) is 5.40. The molecule has 0 aliphatic carbocycles. The van der Waals surface area contributed by atoms with Crippen LogP contribution in [0.5, 0.6) is 0 Å². The first-order valence-corrected chi connectivity index (χ1v) is 8.28. The summed E-state index contributed by atoms with van der Waals surface area (Å²) in [6, 6.07) is 0.941. The average Bonchev–Trinajstić information content (AvgIpc) is 2.71. The second-order valence-electron chi connectivity index (χ2n) is 4.92. The number of nitrogens with zero attached hydrogens (tertiary/aromatic N) is 1. The summed E-state index contributed by atoms with van der Waals surface area (Å²) in [6.45, 7) is 0.380. The molecule has 0 unspecified atom stereocenters. The van der Waals surface area contributed by atoms with E-state index in [1.165, 1.54) is 6.92 Å². The van der Waals surface area contributed by atoms with Crippen molar-refractivity contribution < 1.29 is 37.8 Å². The number of phosphoric ester groups is 1. The summed E-state index contributed by atoms with van der Waals surface area (Å²) in [5.74, 6) is -2.24. The standard InChI is InChI=1S/C11H16FN2O9P/c1-2-21-11(5-22-24(18,19)20)8(16)7(12)9(23-11)14-4-3-6(15)13-10(14)17/h3-4,7-9,16H,2,5H2,1H3,(H,13,15,17)(H2,18,19,20)/t7-,8+,9-,11-/m1/s1. The molecule has 2 heterocycles. The molecular weight excluding hydrogens is 354 g/mol. The number of H-pyrrole nitrogens is 1. The molecule has 0 amide bonds. The zero-order valence-electron chi connectivity index (χ0n) is 12.4. The number of hydrogen-bond donors (Lipinski definition) is 4. The van der Waals surface area contributed by atoms with Crippen LogP contribution < -0.4 is 11.2 Å². The first-order chi connectivity index (χ1) is 11.1. The summed E-state index contributed by atoms with van der Waals surface area (Å²) in [5.41, 5.74) is -1.71. The van der Waals surface area contributed by atoms with Gasteiger partial charge in [0.2, 0.25) is 5.79 Å². The molecule has 4 N–H and O–H groups in total. The van der Waals surface area contributed by atoms with Crippen LogP contribution >= 0.6 is 7.82 Å². The normalized spacial score (nSPS) is 30.6. The minimum Gasteiger partial charge on any atom is -0.384 e. The number of alkyl halides is 1. The molecule has 0 saturated carbocycles. The summed E-state index contributed by atoms with van der Waals surface area (Å²) < 4.78 is 40.6. The lowest BCUT2D eigenvalue weighted by atomic mass is 10.1. The fraction of sp³-hybridized carbons (Fsp3) is 0.636. The summed E-state index contributed by atoms with van der Waals surface area (Å²) in [5, 5.41) is 10.1. The van der Waals surface area contributed by atoms with Gasteiger partial charge >= 0.3 is 13.5 Å². The summed E-state index contributed by atoms with van der Waals surface area (Å²) >= 11 is 0. The maximum Gasteiger partial charge on any atom is 0.469 e. The topological polar surface area (TPSA) is 160 Å². The van der Waals surface area contributed by atoms with Crippen LogP contribution in [0.25, 0.3) is 0 Å². The van der Waals surface area contributed by atoms with Gasteiger partial charge in [-0.15, -0.1) is 0 Å².